The summed E-state index contributed by atoms with van der Waals surface area (Å²) in [6, 6.07) is 0. The predicted octanol–water partition coefficient (Wildman–Crippen LogP) is 3.33. The van der Waals surface area contributed by atoms with E-state index in [2.05, 4.69) is 10.2 Å². The second-order valence-electron chi connectivity index (χ2n) is 4.73. The van der Waals surface area contributed by atoms with Crippen LogP contribution in [-0.4, -0.2) is 17.3 Å². The van der Waals surface area contributed by atoms with Crippen LogP contribution in [0, 0.1) is 4.91 Å². The van der Waals surface area contributed by atoms with Crippen LogP contribution in [0.2, 0.25) is 0 Å². The zero-order chi connectivity index (χ0) is 11.6. The number of rotatable bonds is 2. The minimum absolute atomic E-state index is 0.0359. The van der Waals surface area contributed by atoms with Gasteiger partial charge in [0.15, 0.2) is 5.34 Å². The molecule has 0 heterocycles. The summed E-state index contributed by atoms with van der Waals surface area (Å²) < 4.78 is 0. The van der Waals surface area contributed by atoms with E-state index in [4.69, 9.17) is 5.11 Å². The maximum absolute atomic E-state index is 9.60. The van der Waals surface area contributed by atoms with Gasteiger partial charge in [0.2, 0.25) is 0 Å². The summed E-state index contributed by atoms with van der Waals surface area (Å²) in [7, 11) is 0. The Bertz CT molecular complexity index is 175. The van der Waals surface area contributed by atoms with Crippen molar-refractivity contribution in [3.8, 4) is 0 Å². The van der Waals surface area contributed by atoms with E-state index in [-0.39, 0.29) is 12.2 Å². The highest BCUT2D eigenvalue weighted by molar-refractivity contribution is 4.63. The molecule has 4 nitrogen and oxygen atoms in total. The third-order valence-electron chi connectivity index (χ3n) is 3.32. The maximum atomic E-state index is 9.60. The summed E-state index contributed by atoms with van der Waals surface area (Å²) in [5, 5.41) is 11.3. The van der Waals surface area contributed by atoms with Gasteiger partial charge in [-0.2, -0.15) is 0 Å². The number of aliphatic hydroxyl groups excluding tert-OH is 1. The molecular weight excluding hydrogens is 206 g/mol. The minimum Gasteiger partial charge on any atom is -0.393 e. The van der Waals surface area contributed by atoms with Crippen LogP contribution in [0.3, 0.4) is 0 Å². The molecule has 2 fully saturated rings. The molecule has 2 aliphatic carbocycles. The summed E-state index contributed by atoms with van der Waals surface area (Å²) in [5.41, 5.74) is 0. The lowest BCUT2D eigenvalue weighted by atomic mass is 9.98. The van der Waals surface area contributed by atoms with Crippen LogP contribution in [0.1, 0.15) is 64.2 Å². The lowest BCUT2D eigenvalue weighted by Crippen LogP contribution is -2.13. The average Bonchev–Trinajstić information content (AvgIpc) is 2.33. The first-order valence-corrected chi connectivity index (χ1v) is 6.49. The molecule has 0 aromatic rings. The van der Waals surface area contributed by atoms with Crippen molar-refractivity contribution in [1.29, 1.82) is 0 Å². The summed E-state index contributed by atoms with van der Waals surface area (Å²) in [6.07, 6.45) is 11.7. The second-order valence-corrected chi connectivity index (χ2v) is 4.73. The van der Waals surface area contributed by atoms with Gasteiger partial charge in [-0.1, -0.05) is 25.7 Å². The van der Waals surface area contributed by atoms with Gasteiger partial charge in [0.1, 0.15) is 6.10 Å². The fraction of sp³-hybridized carbons (Fsp3) is 1.00. The van der Waals surface area contributed by atoms with Gasteiger partial charge in [0.25, 0.3) is 0 Å². The van der Waals surface area contributed by atoms with Gasteiger partial charge >= 0.3 is 0 Å². The van der Waals surface area contributed by atoms with Crippen LogP contribution in [0.5, 0.6) is 0 Å². The standard InChI is InChI=1S/C6H11NO2.C6H12O/c8-7-9-6-4-2-1-3-5-6;7-6-4-2-1-3-5-6/h6H,1-5H2;6-7H,1-5H2. The number of hydrogen-bond acceptors (Lipinski definition) is 4. The van der Waals surface area contributed by atoms with Crippen molar-refractivity contribution in [2.24, 2.45) is 5.34 Å². The molecule has 2 saturated carbocycles. The van der Waals surface area contributed by atoms with Crippen molar-refractivity contribution in [2.75, 3.05) is 0 Å². The van der Waals surface area contributed by atoms with Crippen LogP contribution < -0.4 is 0 Å². The smallest absolute Gasteiger partial charge is 0.155 e. The van der Waals surface area contributed by atoms with E-state index < -0.39 is 0 Å². The first-order valence-electron chi connectivity index (χ1n) is 6.49. The molecule has 4 heteroatoms. The lowest BCUT2D eigenvalue weighted by Gasteiger charge is -2.16. The van der Waals surface area contributed by atoms with Gasteiger partial charge in [-0.3, -0.25) is 0 Å². The van der Waals surface area contributed by atoms with Crippen LogP contribution >= 0.6 is 0 Å². The van der Waals surface area contributed by atoms with Gasteiger partial charge in [0, 0.05) is 0 Å². The van der Waals surface area contributed by atoms with E-state index in [9.17, 15) is 4.91 Å². The summed E-state index contributed by atoms with van der Waals surface area (Å²) in [5.74, 6) is 0. The Morgan fingerprint density at radius 3 is 1.75 bits per heavy atom. The number of hydrogen-bond donors (Lipinski definition) is 1. The maximum Gasteiger partial charge on any atom is 0.155 e. The molecule has 2 rings (SSSR count). The molecule has 0 bridgehead atoms. The summed E-state index contributed by atoms with van der Waals surface area (Å²) >= 11 is 0. The van der Waals surface area contributed by atoms with Crippen molar-refractivity contribution < 1.29 is 9.94 Å². The zero-order valence-corrected chi connectivity index (χ0v) is 9.94. The topological polar surface area (TPSA) is 58.9 Å². The Balaban J connectivity index is 0.000000165. The Labute approximate surface area is 97.3 Å². The normalized spacial score (nSPS) is 23.1. The third-order valence-corrected chi connectivity index (χ3v) is 3.32. The van der Waals surface area contributed by atoms with Crippen LogP contribution in [0.25, 0.3) is 0 Å². The molecule has 0 atom stereocenters. The quantitative estimate of drug-likeness (QED) is 0.583. The second kappa shape index (κ2) is 8.50. The first kappa shape index (κ1) is 13.4. The summed E-state index contributed by atoms with van der Waals surface area (Å²) in [6.45, 7) is 0. The number of nitrogens with zero attached hydrogens (tertiary/aromatic N) is 1. The SMILES string of the molecule is O=NOC1CCCCC1.OC1CCCCC1. The van der Waals surface area contributed by atoms with Crippen molar-refractivity contribution in [3.05, 3.63) is 4.91 Å². The molecule has 0 amide bonds. The average molecular weight is 229 g/mol. The highest BCUT2D eigenvalue weighted by Gasteiger charge is 2.14. The molecule has 0 saturated heterocycles. The first-order chi connectivity index (χ1) is 7.83. The molecule has 0 radical (unpaired) electrons. The van der Waals surface area contributed by atoms with Gasteiger partial charge < -0.3 is 9.94 Å². The highest BCUT2D eigenvalue weighted by Crippen LogP contribution is 2.20. The molecule has 0 unspecified atom stereocenters. The zero-order valence-electron chi connectivity index (χ0n) is 9.94. The largest absolute Gasteiger partial charge is 0.393 e. The van der Waals surface area contributed by atoms with Crippen LogP contribution in [0.4, 0.5) is 0 Å². The van der Waals surface area contributed by atoms with E-state index >= 15 is 0 Å². The van der Waals surface area contributed by atoms with Crippen molar-refractivity contribution in [1.82, 2.24) is 0 Å². The molecule has 0 aromatic carbocycles. The van der Waals surface area contributed by atoms with E-state index in [0.717, 1.165) is 25.7 Å². The Hall–Kier alpha value is -0.640. The van der Waals surface area contributed by atoms with E-state index in [1.54, 1.807) is 0 Å². The molecule has 0 spiro atoms. The molecule has 94 valence electrons. The van der Waals surface area contributed by atoms with Crippen LogP contribution in [-0.2, 0) is 4.84 Å². The van der Waals surface area contributed by atoms with Crippen molar-refractivity contribution in [3.63, 3.8) is 0 Å². The van der Waals surface area contributed by atoms with Crippen molar-refractivity contribution in [2.45, 2.75) is 76.4 Å². The van der Waals surface area contributed by atoms with E-state index in [1.165, 1.54) is 38.5 Å². The Morgan fingerprint density at radius 2 is 1.38 bits per heavy atom. The lowest BCUT2D eigenvalue weighted by molar-refractivity contribution is 0.0297. The summed E-state index contributed by atoms with van der Waals surface area (Å²) in [4.78, 5) is 14.2. The highest BCUT2D eigenvalue weighted by atomic mass is 16.7. The molecular formula is C12H23NO3. The van der Waals surface area contributed by atoms with Gasteiger partial charge in [-0.15, -0.1) is 4.91 Å². The molecule has 0 aliphatic heterocycles. The minimum atomic E-state index is 0.0359. The fourth-order valence-corrected chi connectivity index (χ4v) is 2.31. The van der Waals surface area contributed by atoms with Crippen LogP contribution in [0.15, 0.2) is 5.34 Å². The Morgan fingerprint density at radius 1 is 0.875 bits per heavy atom. The van der Waals surface area contributed by atoms with Gasteiger partial charge in [-0.05, 0) is 38.5 Å². The van der Waals surface area contributed by atoms with E-state index in [0.29, 0.717) is 0 Å². The molecule has 16 heavy (non-hydrogen) atoms. The van der Waals surface area contributed by atoms with Crippen molar-refractivity contribution >= 4 is 0 Å². The monoisotopic (exact) mass is 229 g/mol. The molecule has 1 N–H and O–H groups in total. The third kappa shape index (κ3) is 6.05. The molecule has 0 aromatic heterocycles. The van der Waals surface area contributed by atoms with Gasteiger partial charge in [0.05, 0.1) is 6.10 Å². The van der Waals surface area contributed by atoms with Gasteiger partial charge in [-0.25, -0.2) is 0 Å². The predicted molar refractivity (Wildman–Crippen MR) is 62.8 cm³/mol. The van der Waals surface area contributed by atoms with E-state index in [1.807, 2.05) is 0 Å². The molecule has 2 aliphatic rings. The number of aliphatic hydroxyl groups is 1. The Kier molecular flexibility index (Phi) is 7.14. The fourth-order valence-electron chi connectivity index (χ4n) is 2.31.